The normalized spacial score (nSPS) is 10.8. The largest absolute Gasteiger partial charge is 0.398 e. The fraction of sp³-hybridized carbons (Fsp3) is 0.0667. The van der Waals surface area contributed by atoms with Gasteiger partial charge in [0.05, 0.1) is 11.8 Å². The van der Waals surface area contributed by atoms with Crippen LogP contribution in [0.5, 0.6) is 0 Å². The van der Waals surface area contributed by atoms with Crippen molar-refractivity contribution in [2.45, 2.75) is 0 Å². The Morgan fingerprint density at radius 2 is 1.89 bits per heavy atom. The van der Waals surface area contributed by atoms with Gasteiger partial charge in [-0.2, -0.15) is 5.10 Å². The first-order valence-corrected chi connectivity index (χ1v) is 5.97. The summed E-state index contributed by atoms with van der Waals surface area (Å²) < 4.78 is 1.60. The average Bonchev–Trinajstić information content (AvgIpc) is 2.84. The molecule has 19 heavy (non-hydrogen) atoms. The summed E-state index contributed by atoms with van der Waals surface area (Å²) in [5, 5.41) is 6.04. The van der Waals surface area contributed by atoms with Crippen molar-refractivity contribution in [1.29, 1.82) is 0 Å². The quantitative estimate of drug-likeness (QED) is 0.562. The molecule has 0 bridgehead atoms. The molecule has 0 aliphatic carbocycles. The molecule has 4 heteroatoms. The second-order valence-electron chi connectivity index (χ2n) is 4.52. The summed E-state index contributed by atoms with van der Waals surface area (Å²) >= 11 is 0. The highest BCUT2D eigenvalue weighted by Gasteiger charge is 2.14. The number of nitrogens with zero attached hydrogens (tertiary/aromatic N) is 2. The number of fused-ring (bicyclic) bond motifs is 1. The van der Waals surface area contributed by atoms with Crippen molar-refractivity contribution >= 4 is 22.2 Å². The highest BCUT2D eigenvalue weighted by Crippen LogP contribution is 2.24. The predicted octanol–water partition coefficient (Wildman–Crippen LogP) is 2.39. The highest BCUT2D eigenvalue weighted by atomic mass is 16.1. The molecule has 0 aliphatic rings. The lowest BCUT2D eigenvalue weighted by molar-refractivity contribution is 0.103. The summed E-state index contributed by atoms with van der Waals surface area (Å²) in [5.74, 6) is -0.101. The molecule has 94 valence electrons. The zero-order chi connectivity index (χ0) is 13.4. The van der Waals surface area contributed by atoms with Gasteiger partial charge in [-0.15, -0.1) is 0 Å². The molecule has 3 rings (SSSR count). The van der Waals surface area contributed by atoms with E-state index in [-0.39, 0.29) is 5.78 Å². The molecular weight excluding hydrogens is 238 g/mol. The number of carbonyl (C=O) groups is 1. The van der Waals surface area contributed by atoms with E-state index in [1.165, 1.54) is 0 Å². The minimum atomic E-state index is -0.101. The van der Waals surface area contributed by atoms with Gasteiger partial charge in [0.25, 0.3) is 0 Å². The van der Waals surface area contributed by atoms with Crippen molar-refractivity contribution in [2.24, 2.45) is 7.05 Å². The maximum atomic E-state index is 12.4. The molecule has 0 amide bonds. The Hall–Kier alpha value is -2.62. The number of hydrogen-bond donors (Lipinski definition) is 1. The molecule has 2 N–H and O–H groups in total. The number of nitrogens with two attached hydrogens (primary N) is 1. The summed E-state index contributed by atoms with van der Waals surface area (Å²) in [6.45, 7) is 0. The van der Waals surface area contributed by atoms with E-state index in [2.05, 4.69) is 5.10 Å². The van der Waals surface area contributed by atoms with Crippen LogP contribution >= 0.6 is 0 Å². The van der Waals surface area contributed by atoms with Crippen molar-refractivity contribution < 1.29 is 4.79 Å². The maximum Gasteiger partial charge on any atom is 0.198 e. The van der Waals surface area contributed by atoms with Crippen LogP contribution in [0.2, 0.25) is 0 Å². The Morgan fingerprint density at radius 3 is 2.53 bits per heavy atom. The molecular formula is C15H13N3O. The molecule has 0 unspecified atom stereocenters. The molecule has 0 radical (unpaired) electrons. The van der Waals surface area contributed by atoms with Crippen LogP contribution in [0.25, 0.3) is 10.8 Å². The van der Waals surface area contributed by atoms with Gasteiger partial charge in [-0.05, 0) is 22.9 Å². The van der Waals surface area contributed by atoms with E-state index >= 15 is 0 Å². The maximum absolute atomic E-state index is 12.4. The smallest absolute Gasteiger partial charge is 0.198 e. The van der Waals surface area contributed by atoms with E-state index in [1.54, 1.807) is 24.1 Å². The standard InChI is InChI=1S/C15H13N3O/c1-18-9-12(8-17-18)15(19)13-6-10-4-2-3-5-11(10)7-14(13)16/h2-9H,16H2,1H3. The Labute approximate surface area is 110 Å². The van der Waals surface area contributed by atoms with Gasteiger partial charge in [0.2, 0.25) is 0 Å². The minimum Gasteiger partial charge on any atom is -0.398 e. The van der Waals surface area contributed by atoms with Crippen LogP contribution in [0.3, 0.4) is 0 Å². The SMILES string of the molecule is Cn1cc(C(=O)c2cc3ccccc3cc2N)cn1. The molecule has 0 spiro atoms. The second kappa shape index (κ2) is 4.24. The van der Waals surface area contributed by atoms with Crippen molar-refractivity contribution in [3.05, 3.63) is 59.9 Å². The third-order valence-electron chi connectivity index (χ3n) is 3.13. The van der Waals surface area contributed by atoms with Gasteiger partial charge in [-0.1, -0.05) is 24.3 Å². The summed E-state index contributed by atoms with van der Waals surface area (Å²) in [7, 11) is 1.78. The van der Waals surface area contributed by atoms with Crippen LogP contribution in [0.4, 0.5) is 5.69 Å². The number of carbonyl (C=O) groups excluding carboxylic acids is 1. The summed E-state index contributed by atoms with van der Waals surface area (Å²) in [6.07, 6.45) is 3.24. The van der Waals surface area contributed by atoms with E-state index in [0.29, 0.717) is 16.8 Å². The van der Waals surface area contributed by atoms with Crippen LogP contribution in [0.1, 0.15) is 15.9 Å². The Balaban J connectivity index is 2.14. The van der Waals surface area contributed by atoms with E-state index < -0.39 is 0 Å². The van der Waals surface area contributed by atoms with Gasteiger partial charge in [0, 0.05) is 24.5 Å². The summed E-state index contributed by atoms with van der Waals surface area (Å²) in [6, 6.07) is 11.5. The van der Waals surface area contributed by atoms with E-state index in [4.69, 9.17) is 5.73 Å². The Kier molecular flexibility index (Phi) is 2.56. The lowest BCUT2D eigenvalue weighted by Gasteiger charge is -2.06. The lowest BCUT2D eigenvalue weighted by atomic mass is 10.00. The van der Waals surface area contributed by atoms with E-state index in [9.17, 15) is 4.79 Å². The van der Waals surface area contributed by atoms with Crippen molar-refractivity contribution in [3.8, 4) is 0 Å². The molecule has 0 saturated heterocycles. The predicted molar refractivity (Wildman–Crippen MR) is 75.0 cm³/mol. The number of nitrogen functional groups attached to an aromatic ring is 1. The molecule has 4 nitrogen and oxygen atoms in total. The second-order valence-corrected chi connectivity index (χ2v) is 4.52. The summed E-state index contributed by atoms with van der Waals surface area (Å²) in [5.41, 5.74) is 7.54. The highest BCUT2D eigenvalue weighted by molar-refractivity contribution is 6.13. The van der Waals surface area contributed by atoms with Crippen molar-refractivity contribution in [3.63, 3.8) is 0 Å². The first-order chi connectivity index (χ1) is 9.15. The fourth-order valence-corrected chi connectivity index (χ4v) is 2.15. The zero-order valence-electron chi connectivity index (χ0n) is 10.5. The number of anilines is 1. The van der Waals surface area contributed by atoms with Gasteiger partial charge in [0.1, 0.15) is 0 Å². The first-order valence-electron chi connectivity index (χ1n) is 5.97. The molecule has 3 aromatic rings. The third-order valence-corrected chi connectivity index (χ3v) is 3.13. The van der Waals surface area contributed by atoms with Gasteiger partial charge in [-0.3, -0.25) is 9.48 Å². The van der Waals surface area contributed by atoms with Gasteiger partial charge < -0.3 is 5.73 Å². The monoisotopic (exact) mass is 251 g/mol. The fourth-order valence-electron chi connectivity index (χ4n) is 2.15. The molecule has 0 fully saturated rings. The van der Waals surface area contributed by atoms with Gasteiger partial charge in [0.15, 0.2) is 5.78 Å². The van der Waals surface area contributed by atoms with Gasteiger partial charge >= 0.3 is 0 Å². The van der Waals surface area contributed by atoms with Crippen LogP contribution in [-0.4, -0.2) is 15.6 Å². The molecule has 0 atom stereocenters. The molecule has 1 heterocycles. The molecule has 2 aromatic carbocycles. The van der Waals surface area contributed by atoms with Crippen LogP contribution < -0.4 is 5.73 Å². The Morgan fingerprint density at radius 1 is 1.21 bits per heavy atom. The van der Waals surface area contributed by atoms with Crippen molar-refractivity contribution in [1.82, 2.24) is 9.78 Å². The third kappa shape index (κ3) is 1.97. The average molecular weight is 251 g/mol. The number of hydrogen-bond acceptors (Lipinski definition) is 3. The lowest BCUT2D eigenvalue weighted by Crippen LogP contribution is -2.04. The zero-order valence-corrected chi connectivity index (χ0v) is 10.5. The first kappa shape index (κ1) is 11.5. The summed E-state index contributed by atoms with van der Waals surface area (Å²) in [4.78, 5) is 12.4. The molecule has 1 aromatic heterocycles. The van der Waals surface area contributed by atoms with Crippen LogP contribution in [0.15, 0.2) is 48.8 Å². The van der Waals surface area contributed by atoms with E-state index in [1.807, 2.05) is 36.4 Å². The molecule has 0 saturated carbocycles. The number of ketones is 1. The molecule has 0 aliphatic heterocycles. The van der Waals surface area contributed by atoms with Crippen LogP contribution in [-0.2, 0) is 7.05 Å². The number of aryl methyl sites for hydroxylation is 1. The topological polar surface area (TPSA) is 60.9 Å². The Bertz CT molecular complexity index is 774. The number of benzene rings is 2. The number of rotatable bonds is 2. The minimum absolute atomic E-state index is 0.101. The van der Waals surface area contributed by atoms with Crippen LogP contribution in [0, 0.1) is 0 Å². The number of aromatic nitrogens is 2. The van der Waals surface area contributed by atoms with Crippen molar-refractivity contribution in [2.75, 3.05) is 5.73 Å². The van der Waals surface area contributed by atoms with Gasteiger partial charge in [-0.25, -0.2) is 0 Å². The van der Waals surface area contributed by atoms with E-state index in [0.717, 1.165) is 10.8 Å².